The van der Waals surface area contributed by atoms with Gasteiger partial charge in [0, 0.05) is 5.39 Å². The summed E-state index contributed by atoms with van der Waals surface area (Å²) in [5.74, 6) is 2.17. The van der Waals surface area contributed by atoms with Crippen molar-refractivity contribution in [3.05, 3.63) is 71.8 Å². The van der Waals surface area contributed by atoms with Gasteiger partial charge in [-0.1, -0.05) is 38.1 Å². The summed E-state index contributed by atoms with van der Waals surface area (Å²) < 4.78 is 14.0. The van der Waals surface area contributed by atoms with Crippen molar-refractivity contribution >= 4 is 33.1 Å². The molecule has 5 aromatic rings. The summed E-state index contributed by atoms with van der Waals surface area (Å²) in [6.07, 6.45) is 0. The molecule has 0 aliphatic rings. The Morgan fingerprint density at radius 2 is 1.72 bits per heavy atom. The molecule has 0 fully saturated rings. The molecule has 32 heavy (non-hydrogen) atoms. The molecule has 5 rings (SSSR count). The van der Waals surface area contributed by atoms with Gasteiger partial charge in [-0.05, 0) is 60.4 Å². The third-order valence-electron chi connectivity index (χ3n) is 5.92. The zero-order valence-corrected chi connectivity index (χ0v) is 18.9. The van der Waals surface area contributed by atoms with Crippen LogP contribution in [0.2, 0.25) is 0 Å². The molecule has 0 saturated heterocycles. The van der Waals surface area contributed by atoms with Crippen LogP contribution >= 0.6 is 0 Å². The van der Waals surface area contributed by atoms with E-state index in [9.17, 15) is 0 Å². The Labute approximate surface area is 187 Å². The maximum atomic E-state index is 6.29. The van der Waals surface area contributed by atoms with Gasteiger partial charge >= 0.3 is 0 Å². The fourth-order valence-corrected chi connectivity index (χ4v) is 4.26. The minimum absolute atomic E-state index is 0.406. The first kappa shape index (κ1) is 20.3. The fourth-order valence-electron chi connectivity index (χ4n) is 4.26. The molecule has 5 heteroatoms. The van der Waals surface area contributed by atoms with Crippen molar-refractivity contribution in [1.82, 2.24) is 14.5 Å². The number of aromatic nitrogens is 3. The maximum absolute atomic E-state index is 6.29. The standard InChI is InChI=1S/C27H27N3O2/c1-17(2)20-11-9-18(3)15-25(20)32-14-13-30-24-12-10-19(31-4)16-21(24)26-27(30)29-23-8-6-5-7-22(23)28-26/h5-12,15-17H,13-14H2,1-4H3. The summed E-state index contributed by atoms with van der Waals surface area (Å²) in [5.41, 5.74) is 7.03. The first-order valence-corrected chi connectivity index (χ1v) is 11.0. The number of nitrogens with zero attached hydrogens (tertiary/aromatic N) is 3. The van der Waals surface area contributed by atoms with E-state index >= 15 is 0 Å². The highest BCUT2D eigenvalue weighted by atomic mass is 16.5. The van der Waals surface area contributed by atoms with Gasteiger partial charge in [-0.25, -0.2) is 9.97 Å². The second kappa shape index (κ2) is 8.15. The van der Waals surface area contributed by atoms with Crippen LogP contribution in [0.5, 0.6) is 11.5 Å². The molecule has 3 aromatic carbocycles. The second-order valence-corrected chi connectivity index (χ2v) is 8.46. The number of aryl methyl sites for hydroxylation is 1. The smallest absolute Gasteiger partial charge is 0.160 e. The van der Waals surface area contributed by atoms with E-state index in [4.69, 9.17) is 19.4 Å². The molecule has 5 nitrogen and oxygen atoms in total. The van der Waals surface area contributed by atoms with Crippen molar-refractivity contribution in [3.8, 4) is 11.5 Å². The van der Waals surface area contributed by atoms with E-state index in [0.29, 0.717) is 19.1 Å². The summed E-state index contributed by atoms with van der Waals surface area (Å²) >= 11 is 0. The molecular weight excluding hydrogens is 398 g/mol. The quantitative estimate of drug-likeness (QED) is 0.322. The van der Waals surface area contributed by atoms with Gasteiger partial charge in [0.05, 0.1) is 30.2 Å². The Bertz CT molecular complexity index is 1440. The second-order valence-electron chi connectivity index (χ2n) is 8.46. The topological polar surface area (TPSA) is 49.2 Å². The Morgan fingerprint density at radius 1 is 0.938 bits per heavy atom. The van der Waals surface area contributed by atoms with Crippen LogP contribution in [-0.4, -0.2) is 28.3 Å². The number of fused-ring (bicyclic) bond motifs is 4. The van der Waals surface area contributed by atoms with Gasteiger partial charge in [0.2, 0.25) is 0 Å². The Hall–Kier alpha value is -3.60. The summed E-state index contributed by atoms with van der Waals surface area (Å²) in [4.78, 5) is 9.90. The third-order valence-corrected chi connectivity index (χ3v) is 5.92. The van der Waals surface area contributed by atoms with Crippen LogP contribution in [0.15, 0.2) is 60.7 Å². The van der Waals surface area contributed by atoms with Crippen LogP contribution in [0.1, 0.15) is 30.9 Å². The molecule has 0 saturated carbocycles. The highest BCUT2D eigenvalue weighted by Crippen LogP contribution is 2.32. The van der Waals surface area contributed by atoms with Crippen LogP contribution < -0.4 is 9.47 Å². The van der Waals surface area contributed by atoms with Gasteiger partial charge in [-0.15, -0.1) is 0 Å². The van der Waals surface area contributed by atoms with Gasteiger partial charge in [0.15, 0.2) is 5.65 Å². The number of benzene rings is 3. The van der Waals surface area contributed by atoms with E-state index in [2.05, 4.69) is 49.6 Å². The average Bonchev–Trinajstić information content (AvgIpc) is 3.09. The molecule has 0 aliphatic heterocycles. The van der Waals surface area contributed by atoms with Crippen molar-refractivity contribution in [3.63, 3.8) is 0 Å². The number of hydrogen-bond acceptors (Lipinski definition) is 4. The van der Waals surface area contributed by atoms with Crippen LogP contribution in [-0.2, 0) is 6.54 Å². The molecular formula is C27H27N3O2. The number of para-hydroxylation sites is 2. The first-order chi connectivity index (χ1) is 15.5. The molecule has 0 spiro atoms. The van der Waals surface area contributed by atoms with Gasteiger partial charge in [-0.2, -0.15) is 0 Å². The summed E-state index contributed by atoms with van der Waals surface area (Å²) in [6, 6.07) is 20.5. The molecule has 0 radical (unpaired) electrons. The molecule has 0 amide bonds. The lowest BCUT2D eigenvalue weighted by Gasteiger charge is -2.15. The molecule has 0 atom stereocenters. The van der Waals surface area contributed by atoms with Gasteiger partial charge in [0.1, 0.15) is 23.6 Å². The lowest BCUT2D eigenvalue weighted by Crippen LogP contribution is -2.10. The molecule has 2 aromatic heterocycles. The Balaban J connectivity index is 1.57. The lowest BCUT2D eigenvalue weighted by atomic mass is 10.0. The number of rotatable bonds is 6. The van der Waals surface area contributed by atoms with Crippen molar-refractivity contribution < 1.29 is 9.47 Å². The van der Waals surface area contributed by atoms with Gasteiger partial charge in [0.25, 0.3) is 0 Å². The number of ether oxygens (including phenoxy) is 2. The average molecular weight is 426 g/mol. The minimum atomic E-state index is 0.406. The largest absolute Gasteiger partial charge is 0.497 e. The maximum Gasteiger partial charge on any atom is 0.160 e. The molecule has 0 aliphatic carbocycles. The van der Waals surface area contributed by atoms with E-state index < -0.39 is 0 Å². The van der Waals surface area contributed by atoms with Gasteiger partial charge < -0.3 is 14.0 Å². The van der Waals surface area contributed by atoms with Crippen molar-refractivity contribution in [2.45, 2.75) is 33.2 Å². The van der Waals surface area contributed by atoms with E-state index in [0.717, 1.165) is 44.6 Å². The Kier molecular flexibility index (Phi) is 5.17. The van der Waals surface area contributed by atoms with Crippen LogP contribution in [0.3, 0.4) is 0 Å². The predicted molar refractivity (Wildman–Crippen MR) is 130 cm³/mol. The molecule has 2 heterocycles. The van der Waals surface area contributed by atoms with E-state index in [1.165, 1.54) is 11.1 Å². The van der Waals surface area contributed by atoms with E-state index in [-0.39, 0.29) is 0 Å². The fraction of sp³-hybridized carbons (Fsp3) is 0.259. The van der Waals surface area contributed by atoms with Gasteiger partial charge in [-0.3, -0.25) is 0 Å². The van der Waals surface area contributed by atoms with Crippen molar-refractivity contribution in [2.75, 3.05) is 13.7 Å². The highest BCUT2D eigenvalue weighted by Gasteiger charge is 2.16. The monoisotopic (exact) mass is 425 g/mol. The normalized spacial score (nSPS) is 11.7. The summed E-state index contributed by atoms with van der Waals surface area (Å²) in [5, 5.41) is 1.04. The molecule has 0 N–H and O–H groups in total. The molecule has 162 valence electrons. The van der Waals surface area contributed by atoms with Crippen LogP contribution in [0.4, 0.5) is 0 Å². The Morgan fingerprint density at radius 3 is 2.47 bits per heavy atom. The van der Waals surface area contributed by atoms with Crippen LogP contribution in [0.25, 0.3) is 33.1 Å². The lowest BCUT2D eigenvalue weighted by molar-refractivity contribution is 0.298. The summed E-state index contributed by atoms with van der Waals surface area (Å²) in [6.45, 7) is 7.70. The molecule has 0 unspecified atom stereocenters. The zero-order chi connectivity index (χ0) is 22.2. The summed E-state index contributed by atoms with van der Waals surface area (Å²) in [7, 11) is 1.68. The number of hydrogen-bond donors (Lipinski definition) is 0. The first-order valence-electron chi connectivity index (χ1n) is 11.0. The van der Waals surface area contributed by atoms with E-state index in [1.54, 1.807) is 7.11 Å². The SMILES string of the molecule is COc1ccc2c(c1)c1nc3ccccc3nc1n2CCOc1cc(C)ccc1C(C)C. The highest BCUT2D eigenvalue weighted by molar-refractivity contribution is 6.06. The van der Waals surface area contributed by atoms with Crippen molar-refractivity contribution in [2.24, 2.45) is 0 Å². The zero-order valence-electron chi connectivity index (χ0n) is 18.9. The minimum Gasteiger partial charge on any atom is -0.497 e. The number of methoxy groups -OCH3 is 1. The predicted octanol–water partition coefficient (Wildman–Crippen LogP) is 6.26. The molecule has 0 bridgehead atoms. The van der Waals surface area contributed by atoms with Crippen LogP contribution in [0, 0.1) is 6.92 Å². The van der Waals surface area contributed by atoms with E-state index in [1.807, 2.05) is 36.4 Å². The third kappa shape index (κ3) is 3.54. The van der Waals surface area contributed by atoms with Crippen molar-refractivity contribution in [1.29, 1.82) is 0 Å².